The molecular weight excluding hydrogens is 382 g/mol. The van der Waals surface area contributed by atoms with E-state index in [4.69, 9.17) is 15.2 Å². The van der Waals surface area contributed by atoms with Gasteiger partial charge in [-0.3, -0.25) is 0 Å². The number of anilines is 2. The zero-order valence-corrected chi connectivity index (χ0v) is 18.5. The van der Waals surface area contributed by atoms with Crippen molar-refractivity contribution in [3.63, 3.8) is 0 Å². The van der Waals surface area contributed by atoms with Crippen LogP contribution in [0.5, 0.6) is 11.5 Å². The predicted octanol–water partition coefficient (Wildman–Crippen LogP) is 2.53. The van der Waals surface area contributed by atoms with Gasteiger partial charge in [0, 0.05) is 23.7 Å². The molecule has 1 atom stereocenters. The molecular formula is C22H35N5O3. The number of nitrogens with one attached hydrogen (secondary N) is 2. The van der Waals surface area contributed by atoms with E-state index < -0.39 is 0 Å². The molecule has 0 unspecified atom stereocenters. The van der Waals surface area contributed by atoms with Gasteiger partial charge in [0.1, 0.15) is 17.3 Å². The minimum Gasteiger partial charge on any atom is -0.496 e. The molecule has 166 valence electrons. The van der Waals surface area contributed by atoms with Crippen LogP contribution in [0.4, 0.5) is 11.8 Å². The maximum Gasteiger partial charge on any atom is 0.222 e. The zero-order chi connectivity index (χ0) is 21.9. The zero-order valence-electron chi connectivity index (χ0n) is 18.5. The Labute approximate surface area is 179 Å². The fraction of sp³-hybridized carbons (Fsp3) is 0.545. The quantitative estimate of drug-likeness (QED) is 0.368. The Balaban J connectivity index is 2.25. The van der Waals surface area contributed by atoms with Crippen LogP contribution in [0.25, 0.3) is 0 Å². The van der Waals surface area contributed by atoms with Crippen LogP contribution in [0.15, 0.2) is 18.2 Å². The molecule has 8 heteroatoms. The van der Waals surface area contributed by atoms with Crippen molar-refractivity contribution < 1.29 is 14.6 Å². The molecule has 0 aliphatic carbocycles. The second-order valence-electron chi connectivity index (χ2n) is 7.26. The molecule has 0 radical (unpaired) electrons. The second-order valence-corrected chi connectivity index (χ2v) is 7.26. The number of aliphatic hydroxyl groups is 1. The average molecular weight is 418 g/mol. The van der Waals surface area contributed by atoms with E-state index in [1.807, 2.05) is 32.2 Å². The number of methoxy groups -OCH3 is 1. The number of rotatable bonds is 13. The highest BCUT2D eigenvalue weighted by atomic mass is 16.5. The maximum atomic E-state index is 9.68. The number of hydrogen-bond acceptors (Lipinski definition) is 8. The molecule has 0 saturated heterocycles. The molecule has 5 N–H and O–H groups in total. The summed E-state index contributed by atoms with van der Waals surface area (Å²) in [5, 5.41) is 16.1. The van der Waals surface area contributed by atoms with Crippen molar-refractivity contribution >= 4 is 11.8 Å². The van der Waals surface area contributed by atoms with Gasteiger partial charge in [-0.15, -0.1) is 0 Å². The fourth-order valence-corrected chi connectivity index (χ4v) is 3.29. The lowest BCUT2D eigenvalue weighted by molar-refractivity contribution is 0.268. The van der Waals surface area contributed by atoms with E-state index >= 15 is 0 Å². The molecule has 0 aliphatic rings. The van der Waals surface area contributed by atoms with Crippen molar-refractivity contribution in [3.8, 4) is 11.5 Å². The van der Waals surface area contributed by atoms with E-state index in [2.05, 4.69) is 27.5 Å². The summed E-state index contributed by atoms with van der Waals surface area (Å²) in [6.07, 6.45) is 3.29. The highest BCUT2D eigenvalue weighted by Crippen LogP contribution is 2.30. The normalized spacial score (nSPS) is 11.9. The summed E-state index contributed by atoms with van der Waals surface area (Å²) in [5.41, 5.74) is 8.61. The first-order valence-electron chi connectivity index (χ1n) is 10.5. The number of ether oxygens (including phenoxy) is 2. The van der Waals surface area contributed by atoms with Gasteiger partial charge < -0.3 is 30.9 Å². The molecule has 2 rings (SSSR count). The molecule has 0 amide bonds. The lowest BCUT2D eigenvalue weighted by Crippen LogP contribution is -2.25. The number of hydrogen-bond donors (Lipinski definition) is 4. The Morgan fingerprint density at radius 2 is 2.07 bits per heavy atom. The van der Waals surface area contributed by atoms with Gasteiger partial charge in [0.05, 0.1) is 26.4 Å². The molecule has 0 bridgehead atoms. The molecule has 1 aromatic carbocycles. The number of nitrogens with zero attached hydrogens (tertiary/aromatic N) is 2. The van der Waals surface area contributed by atoms with E-state index in [9.17, 15) is 5.11 Å². The van der Waals surface area contributed by atoms with Crippen molar-refractivity contribution in [1.82, 2.24) is 15.3 Å². The third-order valence-electron chi connectivity index (χ3n) is 4.90. The van der Waals surface area contributed by atoms with Crippen LogP contribution in [0.2, 0.25) is 0 Å². The van der Waals surface area contributed by atoms with Crippen molar-refractivity contribution in [2.45, 2.75) is 45.6 Å². The van der Waals surface area contributed by atoms with Gasteiger partial charge in [-0.25, -0.2) is 4.98 Å². The van der Waals surface area contributed by atoms with Gasteiger partial charge in [-0.1, -0.05) is 19.4 Å². The SMILES string of the molecule is CCC[C@@H](CO)Nc1nc(N)nc(C)c1Cc1ccc(OCCCNC)cc1OC. The van der Waals surface area contributed by atoms with Gasteiger partial charge in [0.15, 0.2) is 0 Å². The molecule has 8 nitrogen and oxygen atoms in total. The van der Waals surface area contributed by atoms with E-state index in [1.54, 1.807) is 7.11 Å². The Bertz CT molecular complexity index is 801. The molecule has 1 heterocycles. The number of nitrogens with two attached hydrogens (primary N) is 1. The van der Waals surface area contributed by atoms with Gasteiger partial charge in [0.25, 0.3) is 0 Å². The first-order chi connectivity index (χ1) is 14.5. The van der Waals surface area contributed by atoms with E-state index in [0.717, 1.165) is 54.1 Å². The monoisotopic (exact) mass is 417 g/mol. The van der Waals surface area contributed by atoms with Crippen molar-refractivity contribution in [1.29, 1.82) is 0 Å². The standard InChI is InChI=1S/C22H35N5O3/c1-5-7-17(14-28)26-21-19(15(2)25-22(23)27-21)12-16-8-9-18(13-20(16)29-4)30-11-6-10-24-3/h8-9,13,17,24,28H,5-7,10-12,14H2,1-4H3,(H3,23,25,26,27)/t17-/m0/s1. The molecule has 0 aliphatic heterocycles. The van der Waals surface area contributed by atoms with Crippen molar-refractivity contribution in [2.24, 2.45) is 0 Å². The highest BCUT2D eigenvalue weighted by molar-refractivity contribution is 5.54. The highest BCUT2D eigenvalue weighted by Gasteiger charge is 2.17. The van der Waals surface area contributed by atoms with Crippen LogP contribution in [0.3, 0.4) is 0 Å². The summed E-state index contributed by atoms with van der Waals surface area (Å²) in [7, 11) is 3.58. The Morgan fingerprint density at radius 3 is 2.73 bits per heavy atom. The number of benzene rings is 1. The largest absolute Gasteiger partial charge is 0.496 e. The number of aryl methyl sites for hydroxylation is 1. The fourth-order valence-electron chi connectivity index (χ4n) is 3.29. The van der Waals surface area contributed by atoms with Crippen LogP contribution in [0.1, 0.15) is 43.0 Å². The minimum absolute atomic E-state index is 0.0269. The summed E-state index contributed by atoms with van der Waals surface area (Å²) in [6.45, 7) is 5.58. The number of nitrogen functional groups attached to an aromatic ring is 1. The van der Waals surface area contributed by atoms with E-state index in [-0.39, 0.29) is 18.6 Å². The Hall–Kier alpha value is -2.58. The topological polar surface area (TPSA) is 115 Å². The number of aliphatic hydroxyl groups excluding tert-OH is 1. The van der Waals surface area contributed by atoms with E-state index in [0.29, 0.717) is 18.8 Å². The van der Waals surface area contributed by atoms with Crippen LogP contribution >= 0.6 is 0 Å². The first-order valence-corrected chi connectivity index (χ1v) is 10.5. The van der Waals surface area contributed by atoms with Gasteiger partial charge in [0.2, 0.25) is 5.95 Å². The summed E-state index contributed by atoms with van der Waals surface area (Å²) in [6, 6.07) is 5.77. The third-order valence-corrected chi connectivity index (χ3v) is 4.90. The average Bonchev–Trinajstić information content (AvgIpc) is 2.73. The Kier molecular flexibility index (Phi) is 9.63. The second kappa shape index (κ2) is 12.2. The Morgan fingerprint density at radius 1 is 1.27 bits per heavy atom. The van der Waals surface area contributed by atoms with Crippen LogP contribution in [0, 0.1) is 6.92 Å². The van der Waals surface area contributed by atoms with Crippen molar-refractivity contribution in [3.05, 3.63) is 35.0 Å². The molecule has 0 fully saturated rings. The van der Waals surface area contributed by atoms with Crippen LogP contribution < -0.4 is 25.8 Å². The third kappa shape index (κ3) is 6.74. The smallest absolute Gasteiger partial charge is 0.222 e. The maximum absolute atomic E-state index is 9.68. The minimum atomic E-state index is -0.0854. The van der Waals surface area contributed by atoms with E-state index in [1.165, 1.54) is 0 Å². The molecule has 30 heavy (non-hydrogen) atoms. The van der Waals surface area contributed by atoms with Gasteiger partial charge in [-0.05, 0) is 45.0 Å². The van der Waals surface area contributed by atoms with Crippen LogP contribution in [-0.4, -0.2) is 55.0 Å². The summed E-state index contributed by atoms with van der Waals surface area (Å²) >= 11 is 0. The summed E-state index contributed by atoms with van der Waals surface area (Å²) in [4.78, 5) is 8.74. The lowest BCUT2D eigenvalue weighted by Gasteiger charge is -2.20. The van der Waals surface area contributed by atoms with Gasteiger partial charge >= 0.3 is 0 Å². The molecule has 0 saturated carbocycles. The van der Waals surface area contributed by atoms with Crippen molar-refractivity contribution in [2.75, 3.05) is 45.0 Å². The lowest BCUT2D eigenvalue weighted by atomic mass is 10.0. The summed E-state index contributed by atoms with van der Waals surface area (Å²) in [5.74, 6) is 2.39. The van der Waals surface area contributed by atoms with Crippen LogP contribution in [-0.2, 0) is 6.42 Å². The molecule has 1 aromatic heterocycles. The predicted molar refractivity (Wildman–Crippen MR) is 120 cm³/mol. The number of aromatic nitrogens is 2. The van der Waals surface area contributed by atoms with Gasteiger partial charge in [-0.2, -0.15) is 4.98 Å². The first kappa shape index (κ1) is 23.7. The molecule has 0 spiro atoms. The summed E-state index contributed by atoms with van der Waals surface area (Å²) < 4.78 is 11.4. The molecule has 2 aromatic rings.